The molecule has 0 saturated heterocycles. The van der Waals surface area contributed by atoms with Crippen molar-refractivity contribution < 1.29 is 0 Å². The average molecular weight is 803 g/mol. The lowest BCUT2D eigenvalue weighted by Gasteiger charge is -2.32. The molecule has 0 bridgehead atoms. The summed E-state index contributed by atoms with van der Waals surface area (Å²) in [5, 5.41) is 2.41. The smallest absolute Gasteiger partial charge is 0.0965 e. The van der Waals surface area contributed by atoms with E-state index >= 15 is 0 Å². The summed E-state index contributed by atoms with van der Waals surface area (Å²) >= 11 is 0. The summed E-state index contributed by atoms with van der Waals surface area (Å²) in [7, 11) is 0. The van der Waals surface area contributed by atoms with Gasteiger partial charge in [0, 0.05) is 57.0 Å². The van der Waals surface area contributed by atoms with Crippen molar-refractivity contribution in [2.75, 3.05) is 4.90 Å². The van der Waals surface area contributed by atoms with Crippen LogP contribution < -0.4 is 4.90 Å². The predicted octanol–water partition coefficient (Wildman–Crippen LogP) is 14.7. The topological polar surface area (TPSA) is 34.0 Å². The lowest BCUT2D eigenvalue weighted by molar-refractivity contribution is 0.793. The third kappa shape index (κ3) is 5.16. The minimum atomic E-state index is -0.461. The lowest BCUT2D eigenvalue weighted by Crippen LogP contribution is -2.26. The molecule has 0 N–H and O–H groups in total. The van der Waals surface area contributed by atoms with Crippen LogP contribution in [0.5, 0.6) is 0 Å². The van der Waals surface area contributed by atoms with E-state index in [1.54, 1.807) is 12.4 Å². The van der Waals surface area contributed by atoms with Gasteiger partial charge < -0.3 is 9.47 Å². The first-order chi connectivity index (χ1) is 31.3. The van der Waals surface area contributed by atoms with Gasteiger partial charge in [-0.3, -0.25) is 9.97 Å². The van der Waals surface area contributed by atoms with E-state index in [0.717, 1.165) is 45.3 Å². The molecule has 1 spiro atoms. The number of nitrogens with zero attached hydrogens (tertiary/aromatic N) is 4. The maximum absolute atomic E-state index is 4.86. The second-order valence-electron chi connectivity index (χ2n) is 16.5. The van der Waals surface area contributed by atoms with Crippen molar-refractivity contribution in [2.24, 2.45) is 0 Å². The Bertz CT molecular complexity index is 3510. The number of aromatic nitrogens is 3. The summed E-state index contributed by atoms with van der Waals surface area (Å²) in [6.45, 7) is 0. The Morgan fingerprint density at radius 2 is 0.825 bits per heavy atom. The lowest BCUT2D eigenvalue weighted by atomic mass is 9.70. The van der Waals surface area contributed by atoms with E-state index in [1.807, 2.05) is 18.2 Å². The monoisotopic (exact) mass is 802 g/mol. The highest BCUT2D eigenvalue weighted by molar-refractivity contribution is 6.11. The van der Waals surface area contributed by atoms with Crippen LogP contribution in [0.1, 0.15) is 22.3 Å². The third-order valence-corrected chi connectivity index (χ3v) is 13.3. The van der Waals surface area contributed by atoms with Gasteiger partial charge in [-0.15, -0.1) is 0 Å². The van der Waals surface area contributed by atoms with Crippen LogP contribution in [0.25, 0.3) is 72.3 Å². The molecular formula is C59H38N4. The van der Waals surface area contributed by atoms with Gasteiger partial charge in [0.05, 0.1) is 27.8 Å². The standard InChI is InChI=1S/C59H38N4/c1-3-15-39(16-4-1)57-58(61-36-35-60-57)40-27-29-42(30-28-40)62(43-32-34-56-50(37-43)49-22-10-14-26-55(49)63(56)41-17-5-2-6-18-41)44-31-33-48-47-21-9-13-25-53(47)59(54(48)38-44)51-23-11-7-19-45(51)46-20-8-12-24-52(46)59/h1-38H. The van der Waals surface area contributed by atoms with Gasteiger partial charge in [-0.05, 0) is 105 Å². The Labute approximate surface area is 365 Å². The molecule has 2 aromatic heterocycles. The Morgan fingerprint density at radius 1 is 0.349 bits per heavy atom. The molecule has 4 nitrogen and oxygen atoms in total. The number of rotatable bonds is 6. The predicted molar refractivity (Wildman–Crippen MR) is 258 cm³/mol. The molecule has 2 heterocycles. The van der Waals surface area contributed by atoms with Crippen molar-refractivity contribution >= 4 is 38.9 Å². The van der Waals surface area contributed by atoms with E-state index in [1.165, 1.54) is 66.3 Å². The Kier molecular flexibility index (Phi) is 7.79. The molecule has 294 valence electrons. The summed E-state index contributed by atoms with van der Waals surface area (Å²) in [6, 6.07) is 79.7. The molecule has 2 aliphatic rings. The van der Waals surface area contributed by atoms with Crippen molar-refractivity contribution in [1.29, 1.82) is 0 Å². The number of anilines is 3. The number of fused-ring (bicyclic) bond motifs is 13. The van der Waals surface area contributed by atoms with Crippen molar-refractivity contribution in [3.63, 3.8) is 0 Å². The van der Waals surface area contributed by atoms with Gasteiger partial charge >= 0.3 is 0 Å². The van der Waals surface area contributed by atoms with Crippen LogP contribution in [0.3, 0.4) is 0 Å². The van der Waals surface area contributed by atoms with E-state index < -0.39 is 5.41 Å². The SMILES string of the molecule is c1ccc(-c2nccnc2-c2ccc(N(c3ccc4c(c3)C3(c5ccccc5-c5ccccc53)c3ccccc3-4)c3ccc4c(c3)c3ccccc3n4-c3ccccc3)cc2)cc1. The molecule has 13 rings (SSSR count). The van der Waals surface area contributed by atoms with Crippen LogP contribution >= 0.6 is 0 Å². The Hall–Kier alpha value is -8.34. The Morgan fingerprint density at radius 3 is 1.48 bits per heavy atom. The van der Waals surface area contributed by atoms with Gasteiger partial charge in [0.2, 0.25) is 0 Å². The molecule has 4 heteroatoms. The van der Waals surface area contributed by atoms with E-state index in [4.69, 9.17) is 9.97 Å². The van der Waals surface area contributed by atoms with Gasteiger partial charge in [0.25, 0.3) is 0 Å². The zero-order valence-corrected chi connectivity index (χ0v) is 34.2. The highest BCUT2D eigenvalue weighted by atomic mass is 15.1. The maximum atomic E-state index is 4.86. The molecule has 0 atom stereocenters. The zero-order valence-electron chi connectivity index (χ0n) is 34.2. The van der Waals surface area contributed by atoms with Gasteiger partial charge in [-0.25, -0.2) is 0 Å². The molecule has 0 aliphatic heterocycles. The van der Waals surface area contributed by atoms with Gasteiger partial charge in [-0.1, -0.05) is 158 Å². The van der Waals surface area contributed by atoms with Gasteiger partial charge in [-0.2, -0.15) is 0 Å². The highest BCUT2D eigenvalue weighted by Gasteiger charge is 2.51. The van der Waals surface area contributed by atoms with E-state index in [9.17, 15) is 0 Å². The van der Waals surface area contributed by atoms with Crippen LogP contribution in [0.2, 0.25) is 0 Å². The van der Waals surface area contributed by atoms with E-state index in [2.05, 4.69) is 210 Å². The number of para-hydroxylation sites is 2. The van der Waals surface area contributed by atoms with Crippen molar-refractivity contribution in [1.82, 2.24) is 14.5 Å². The fourth-order valence-electron chi connectivity index (χ4n) is 10.7. The molecule has 0 radical (unpaired) electrons. The molecular weight excluding hydrogens is 765 g/mol. The molecule has 2 aliphatic carbocycles. The fourth-order valence-corrected chi connectivity index (χ4v) is 10.7. The zero-order chi connectivity index (χ0) is 41.5. The van der Waals surface area contributed by atoms with Crippen molar-refractivity contribution in [2.45, 2.75) is 5.41 Å². The summed E-state index contributed by atoms with van der Waals surface area (Å²) in [5.41, 5.74) is 20.5. The fraction of sp³-hybridized carbons (Fsp3) is 0.0169. The van der Waals surface area contributed by atoms with Crippen molar-refractivity contribution in [3.8, 4) is 50.5 Å². The average Bonchev–Trinajstić information content (AvgIpc) is 3.96. The Balaban J connectivity index is 1.04. The second kappa shape index (κ2) is 13.8. The quantitative estimate of drug-likeness (QED) is 0.168. The first kappa shape index (κ1) is 35.4. The number of hydrogen-bond donors (Lipinski definition) is 0. The summed E-state index contributed by atoms with van der Waals surface area (Å²) in [4.78, 5) is 12.1. The summed E-state index contributed by atoms with van der Waals surface area (Å²) in [5.74, 6) is 0. The van der Waals surface area contributed by atoms with Crippen LogP contribution in [-0.4, -0.2) is 14.5 Å². The highest BCUT2D eigenvalue weighted by Crippen LogP contribution is 2.63. The molecule has 11 aromatic rings. The summed E-state index contributed by atoms with van der Waals surface area (Å²) < 4.78 is 2.38. The first-order valence-electron chi connectivity index (χ1n) is 21.6. The molecule has 0 saturated carbocycles. The molecule has 0 fully saturated rings. The van der Waals surface area contributed by atoms with Gasteiger partial charge in [0.1, 0.15) is 0 Å². The van der Waals surface area contributed by atoms with Crippen LogP contribution in [0.4, 0.5) is 17.1 Å². The molecule has 63 heavy (non-hydrogen) atoms. The molecule has 0 amide bonds. The molecule has 0 unspecified atom stereocenters. The first-order valence-corrected chi connectivity index (χ1v) is 21.6. The van der Waals surface area contributed by atoms with Crippen LogP contribution in [0.15, 0.2) is 231 Å². The normalized spacial score (nSPS) is 12.9. The van der Waals surface area contributed by atoms with Crippen LogP contribution in [0, 0.1) is 0 Å². The minimum absolute atomic E-state index is 0.461. The van der Waals surface area contributed by atoms with Crippen LogP contribution in [-0.2, 0) is 5.41 Å². The third-order valence-electron chi connectivity index (χ3n) is 13.3. The minimum Gasteiger partial charge on any atom is -0.310 e. The second-order valence-corrected chi connectivity index (χ2v) is 16.5. The van der Waals surface area contributed by atoms with Crippen molar-refractivity contribution in [3.05, 3.63) is 253 Å². The van der Waals surface area contributed by atoms with Gasteiger partial charge in [0.15, 0.2) is 0 Å². The summed E-state index contributed by atoms with van der Waals surface area (Å²) in [6.07, 6.45) is 3.55. The maximum Gasteiger partial charge on any atom is 0.0965 e. The van der Waals surface area contributed by atoms with E-state index in [0.29, 0.717) is 0 Å². The molecule has 9 aromatic carbocycles. The van der Waals surface area contributed by atoms with E-state index in [-0.39, 0.29) is 0 Å². The largest absolute Gasteiger partial charge is 0.310 e. The number of hydrogen-bond acceptors (Lipinski definition) is 3. The number of benzene rings is 9.